The number of hydrogen-bond acceptors (Lipinski definition) is 4. The fraction of sp³-hybridized carbons (Fsp3) is 0.312. The number of hydrogen-bond donors (Lipinski definition) is 1. The Hall–Kier alpha value is -2.07. The van der Waals surface area contributed by atoms with Crippen LogP contribution in [0.15, 0.2) is 36.4 Å². The molecule has 0 fully saturated rings. The highest BCUT2D eigenvalue weighted by Crippen LogP contribution is 2.24. The summed E-state index contributed by atoms with van der Waals surface area (Å²) in [6, 6.07) is 11.5. The molecule has 0 atom stereocenters. The van der Waals surface area contributed by atoms with Crippen LogP contribution in [0, 0.1) is 6.92 Å². The number of aryl methyl sites for hydroxylation is 1. The second-order valence-electron chi connectivity index (χ2n) is 4.43. The number of nitrogens with zero attached hydrogens (tertiary/aromatic N) is 1. The number of benzene rings is 1. The molecule has 0 radical (unpaired) electrons. The molecule has 0 saturated heterocycles. The average molecular weight is 272 g/mol. The van der Waals surface area contributed by atoms with Crippen LogP contribution in [0.5, 0.6) is 17.4 Å². The zero-order valence-corrected chi connectivity index (χ0v) is 12.1. The molecule has 0 amide bonds. The highest BCUT2D eigenvalue weighted by Gasteiger charge is 2.04. The van der Waals surface area contributed by atoms with Crippen LogP contribution in [0.3, 0.4) is 0 Å². The topological polar surface area (TPSA) is 43.4 Å². The summed E-state index contributed by atoms with van der Waals surface area (Å²) in [6.45, 7) is 5.38. The Morgan fingerprint density at radius 1 is 1.15 bits per heavy atom. The molecule has 2 aromatic rings. The van der Waals surface area contributed by atoms with Gasteiger partial charge in [0.1, 0.15) is 11.5 Å². The summed E-state index contributed by atoms with van der Waals surface area (Å²) in [6.07, 6.45) is 0. The molecular formula is C16H20N2O2. The van der Waals surface area contributed by atoms with Crippen LogP contribution in [-0.2, 0) is 6.54 Å². The summed E-state index contributed by atoms with van der Waals surface area (Å²) < 4.78 is 11.2. The van der Waals surface area contributed by atoms with Crippen LogP contribution in [0.1, 0.15) is 18.2 Å². The van der Waals surface area contributed by atoms with Gasteiger partial charge in [-0.2, -0.15) is 0 Å². The number of ether oxygens (including phenoxy) is 2. The van der Waals surface area contributed by atoms with E-state index < -0.39 is 0 Å². The normalized spacial score (nSPS) is 10.3. The van der Waals surface area contributed by atoms with E-state index in [4.69, 9.17) is 9.47 Å². The fourth-order valence-electron chi connectivity index (χ4n) is 1.92. The minimum atomic E-state index is 0.594. The molecule has 0 spiro atoms. The third-order valence-electron chi connectivity index (χ3n) is 2.88. The van der Waals surface area contributed by atoms with Gasteiger partial charge in [0.05, 0.1) is 6.61 Å². The standard InChI is InChI=1S/C16H20N2O2/c1-4-19-14-6-5-7-15(10-14)20-16-9-8-13(11-17-3)12(2)18-16/h5-10,17H,4,11H2,1-3H3. The van der Waals surface area contributed by atoms with E-state index in [1.165, 1.54) is 5.56 Å². The predicted molar refractivity (Wildman–Crippen MR) is 79.4 cm³/mol. The van der Waals surface area contributed by atoms with Gasteiger partial charge in [-0.05, 0) is 38.6 Å². The van der Waals surface area contributed by atoms with E-state index in [1.807, 2.05) is 57.3 Å². The summed E-state index contributed by atoms with van der Waals surface area (Å²) in [5.41, 5.74) is 2.14. The molecule has 20 heavy (non-hydrogen) atoms. The lowest BCUT2D eigenvalue weighted by Gasteiger charge is -2.10. The predicted octanol–water partition coefficient (Wildman–Crippen LogP) is 3.30. The highest BCUT2D eigenvalue weighted by molar-refractivity contribution is 5.36. The van der Waals surface area contributed by atoms with Gasteiger partial charge in [0, 0.05) is 24.4 Å². The van der Waals surface area contributed by atoms with E-state index >= 15 is 0 Å². The second-order valence-corrected chi connectivity index (χ2v) is 4.43. The van der Waals surface area contributed by atoms with E-state index in [2.05, 4.69) is 10.3 Å². The quantitative estimate of drug-likeness (QED) is 0.876. The third kappa shape index (κ3) is 3.71. The summed E-state index contributed by atoms with van der Waals surface area (Å²) in [4.78, 5) is 4.46. The Labute approximate surface area is 119 Å². The fourth-order valence-corrected chi connectivity index (χ4v) is 1.92. The van der Waals surface area contributed by atoms with Crippen molar-refractivity contribution >= 4 is 0 Å². The van der Waals surface area contributed by atoms with E-state index in [0.717, 1.165) is 23.7 Å². The van der Waals surface area contributed by atoms with Gasteiger partial charge in [0.15, 0.2) is 0 Å². The van der Waals surface area contributed by atoms with Crippen molar-refractivity contribution in [3.63, 3.8) is 0 Å². The summed E-state index contributed by atoms with van der Waals surface area (Å²) >= 11 is 0. The number of nitrogens with one attached hydrogen (secondary N) is 1. The lowest BCUT2D eigenvalue weighted by molar-refractivity contribution is 0.338. The van der Waals surface area contributed by atoms with Crippen molar-refractivity contribution in [1.29, 1.82) is 0 Å². The molecule has 4 nitrogen and oxygen atoms in total. The maximum atomic E-state index is 5.77. The number of aromatic nitrogens is 1. The lowest BCUT2D eigenvalue weighted by atomic mass is 10.2. The molecule has 1 aromatic carbocycles. The molecule has 0 aliphatic rings. The summed E-state index contributed by atoms with van der Waals surface area (Å²) in [5.74, 6) is 2.12. The van der Waals surface area contributed by atoms with Crippen LogP contribution in [0.4, 0.5) is 0 Å². The number of rotatable bonds is 6. The summed E-state index contributed by atoms with van der Waals surface area (Å²) in [5, 5.41) is 3.12. The maximum absolute atomic E-state index is 5.77. The van der Waals surface area contributed by atoms with Crippen molar-refractivity contribution in [2.75, 3.05) is 13.7 Å². The molecule has 1 heterocycles. The number of pyridine rings is 1. The van der Waals surface area contributed by atoms with E-state index in [0.29, 0.717) is 12.5 Å². The molecular weight excluding hydrogens is 252 g/mol. The van der Waals surface area contributed by atoms with Crippen LogP contribution < -0.4 is 14.8 Å². The Kier molecular flexibility index (Phi) is 4.96. The molecule has 0 saturated carbocycles. The van der Waals surface area contributed by atoms with Crippen LogP contribution in [0.25, 0.3) is 0 Å². The van der Waals surface area contributed by atoms with Gasteiger partial charge in [0.25, 0.3) is 0 Å². The van der Waals surface area contributed by atoms with Gasteiger partial charge in [-0.3, -0.25) is 0 Å². The molecule has 1 N–H and O–H groups in total. The molecule has 1 aromatic heterocycles. The molecule has 0 unspecified atom stereocenters. The molecule has 0 aliphatic heterocycles. The lowest BCUT2D eigenvalue weighted by Crippen LogP contribution is -2.07. The highest BCUT2D eigenvalue weighted by atomic mass is 16.5. The Balaban J connectivity index is 2.13. The van der Waals surface area contributed by atoms with Crippen LogP contribution in [0.2, 0.25) is 0 Å². The first-order chi connectivity index (χ1) is 9.72. The zero-order valence-electron chi connectivity index (χ0n) is 12.1. The molecule has 106 valence electrons. The third-order valence-corrected chi connectivity index (χ3v) is 2.88. The first kappa shape index (κ1) is 14.3. The molecule has 0 bridgehead atoms. The first-order valence-corrected chi connectivity index (χ1v) is 6.74. The molecule has 2 rings (SSSR count). The average Bonchev–Trinajstić information content (AvgIpc) is 2.43. The minimum Gasteiger partial charge on any atom is -0.494 e. The van der Waals surface area contributed by atoms with Crippen molar-refractivity contribution in [2.24, 2.45) is 0 Å². The van der Waals surface area contributed by atoms with E-state index in [9.17, 15) is 0 Å². The van der Waals surface area contributed by atoms with Crippen LogP contribution >= 0.6 is 0 Å². The summed E-state index contributed by atoms with van der Waals surface area (Å²) in [7, 11) is 1.92. The van der Waals surface area contributed by atoms with E-state index in [1.54, 1.807) is 0 Å². The molecule has 0 aliphatic carbocycles. The largest absolute Gasteiger partial charge is 0.494 e. The van der Waals surface area contributed by atoms with Gasteiger partial charge in [-0.1, -0.05) is 12.1 Å². The first-order valence-electron chi connectivity index (χ1n) is 6.74. The van der Waals surface area contributed by atoms with Gasteiger partial charge in [-0.25, -0.2) is 4.98 Å². The van der Waals surface area contributed by atoms with Crippen molar-refractivity contribution in [1.82, 2.24) is 10.3 Å². The van der Waals surface area contributed by atoms with Crippen molar-refractivity contribution in [3.8, 4) is 17.4 Å². The second kappa shape index (κ2) is 6.91. The SMILES string of the molecule is CCOc1cccc(Oc2ccc(CNC)c(C)n2)c1. The Bertz CT molecular complexity index is 570. The maximum Gasteiger partial charge on any atom is 0.219 e. The van der Waals surface area contributed by atoms with Gasteiger partial charge < -0.3 is 14.8 Å². The van der Waals surface area contributed by atoms with Gasteiger partial charge >= 0.3 is 0 Å². The smallest absolute Gasteiger partial charge is 0.219 e. The van der Waals surface area contributed by atoms with Crippen LogP contribution in [-0.4, -0.2) is 18.6 Å². The Morgan fingerprint density at radius 2 is 1.95 bits per heavy atom. The minimum absolute atomic E-state index is 0.594. The molecule has 4 heteroatoms. The van der Waals surface area contributed by atoms with Crippen molar-refractivity contribution in [2.45, 2.75) is 20.4 Å². The van der Waals surface area contributed by atoms with E-state index in [-0.39, 0.29) is 0 Å². The monoisotopic (exact) mass is 272 g/mol. The van der Waals surface area contributed by atoms with Crippen molar-refractivity contribution in [3.05, 3.63) is 47.7 Å². The van der Waals surface area contributed by atoms with Gasteiger partial charge in [-0.15, -0.1) is 0 Å². The van der Waals surface area contributed by atoms with Crippen molar-refractivity contribution < 1.29 is 9.47 Å². The zero-order chi connectivity index (χ0) is 14.4. The van der Waals surface area contributed by atoms with Gasteiger partial charge in [0.2, 0.25) is 5.88 Å². The Morgan fingerprint density at radius 3 is 2.65 bits per heavy atom.